The summed E-state index contributed by atoms with van der Waals surface area (Å²) in [4.78, 5) is 44.5. The first-order chi connectivity index (χ1) is 4.00. The summed E-state index contributed by atoms with van der Waals surface area (Å²) in [7, 11) is -9.53. The Bertz CT molecular complexity index is 124. The molecule has 11 heteroatoms. The van der Waals surface area contributed by atoms with Crippen molar-refractivity contribution in [2.24, 2.45) is 0 Å². The molecule has 0 radical (unpaired) electrons. The van der Waals surface area contributed by atoms with Crippen molar-refractivity contribution in [3.8, 4) is 0 Å². The van der Waals surface area contributed by atoms with Gasteiger partial charge in [0.1, 0.15) is 0 Å². The average molecular weight is 303 g/mol. The summed E-state index contributed by atoms with van der Waals surface area (Å²) in [6, 6.07) is 0. The third kappa shape index (κ3) is 954. The Labute approximate surface area is 76.9 Å². The molecule has 0 atom stereocenters. The monoisotopic (exact) mass is 302 g/mol. The molecule has 0 aliphatic rings. The molecule has 0 rings (SSSR count). The maximum atomic E-state index is 8.88. The zero-order chi connectivity index (χ0) is 9.00. The van der Waals surface area contributed by atoms with Crippen LogP contribution in [0.4, 0.5) is 0 Å². The largest absolute Gasteiger partial charge is 1.00 e. The minimum atomic E-state index is -4.89. The smallest absolute Gasteiger partial charge is 0.756 e. The summed E-state index contributed by atoms with van der Waals surface area (Å²) >= 11 is 0. The fraction of sp³-hybridized carbons (Fsp3) is 0. The van der Waals surface area contributed by atoms with Crippen LogP contribution in [0.3, 0.4) is 0 Å². The van der Waals surface area contributed by atoms with Crippen LogP contribution in [0.1, 0.15) is 0 Å². The first kappa shape index (κ1) is 17.9. The summed E-state index contributed by atoms with van der Waals surface area (Å²) in [5, 5.41) is 0. The van der Waals surface area contributed by atoms with E-state index in [1.165, 1.54) is 0 Å². The molecule has 0 aliphatic carbocycles. The van der Waals surface area contributed by atoms with Crippen LogP contribution in [0.2, 0.25) is 0 Å². The van der Waals surface area contributed by atoms with E-state index in [0.29, 0.717) is 0 Å². The second kappa shape index (κ2) is 6.47. The second-order valence-electron chi connectivity index (χ2n) is 1.00. The van der Waals surface area contributed by atoms with E-state index < -0.39 is 15.6 Å². The number of rotatable bonds is 0. The molecule has 0 unspecified atom stereocenters. The molecule has 5 N–H and O–H groups in total. The second-order valence-corrected chi connectivity index (χ2v) is 3.01. The van der Waals surface area contributed by atoms with Crippen LogP contribution in [-0.2, 0) is 31.5 Å². The molecule has 0 fully saturated rings. The minimum Gasteiger partial charge on any atom is -0.756 e. The first-order valence-electron chi connectivity index (χ1n) is 1.55. The summed E-state index contributed by atoms with van der Waals surface area (Å²) in [6.45, 7) is 0. The van der Waals surface area contributed by atoms with Gasteiger partial charge in [-0.25, -0.2) is 4.57 Å². The van der Waals surface area contributed by atoms with E-state index in [4.69, 9.17) is 38.5 Å². The molecule has 0 spiro atoms. The van der Waals surface area contributed by atoms with Crippen molar-refractivity contribution in [2.75, 3.05) is 0 Å². The molecular weight excluding hydrogens is 298 g/mol. The van der Waals surface area contributed by atoms with Crippen LogP contribution in [-0.4, -0.2) is 24.5 Å². The molecule has 0 bridgehead atoms. The van der Waals surface area contributed by atoms with E-state index in [1.807, 2.05) is 0 Å². The van der Waals surface area contributed by atoms with Gasteiger partial charge in [-0.15, -0.1) is 0 Å². The Kier molecular flexibility index (Phi) is 10.5. The summed E-state index contributed by atoms with van der Waals surface area (Å²) in [6.07, 6.45) is 0. The molecule has 74 valence electrons. The van der Waals surface area contributed by atoms with Gasteiger partial charge in [-0.3, -0.25) is 4.57 Å². The molecule has 0 saturated carbocycles. The van der Waals surface area contributed by atoms with Gasteiger partial charge in [0.25, 0.3) is 7.82 Å². The summed E-state index contributed by atoms with van der Waals surface area (Å²) < 4.78 is 17.7. The van der Waals surface area contributed by atoms with Gasteiger partial charge in [0.15, 0.2) is 0 Å². The normalized spacial score (nSPS) is 10.7. The Balaban J connectivity index is -0.000000107. The van der Waals surface area contributed by atoms with Crippen molar-refractivity contribution >= 4 is 15.6 Å². The van der Waals surface area contributed by atoms with Crippen molar-refractivity contribution in [1.29, 1.82) is 0 Å². The fourth-order valence-electron chi connectivity index (χ4n) is 0. The number of hydrogen-bond donors (Lipinski definition) is 5. The summed E-state index contributed by atoms with van der Waals surface area (Å²) in [5.41, 5.74) is 0. The molecule has 0 aliphatic heterocycles. The maximum absolute atomic E-state index is 8.88. The Morgan fingerprint density at radius 3 is 0.909 bits per heavy atom. The molecule has 0 aromatic carbocycles. The number of phosphoric acid groups is 2. The first-order valence-corrected chi connectivity index (χ1v) is 4.64. The van der Waals surface area contributed by atoms with Crippen LogP contribution < -0.4 is 4.89 Å². The Morgan fingerprint density at radius 1 is 0.909 bits per heavy atom. The fourth-order valence-corrected chi connectivity index (χ4v) is 0. The van der Waals surface area contributed by atoms with Crippen LogP contribution in [0, 0.1) is 0 Å². The quantitative estimate of drug-likeness (QED) is 0.243. The Hall–Kier alpha value is 0.960. The van der Waals surface area contributed by atoms with E-state index in [-0.39, 0.29) is 22.4 Å². The average Bonchev–Trinajstić information content (AvgIpc) is 1.12. The zero-order valence-electron chi connectivity index (χ0n) is 4.66. The van der Waals surface area contributed by atoms with Gasteiger partial charge in [0.05, 0.1) is 0 Å². The zero-order valence-corrected chi connectivity index (χ0v) is 7.93. The van der Waals surface area contributed by atoms with Gasteiger partial charge < -0.3 is 29.4 Å². The van der Waals surface area contributed by atoms with Crippen LogP contribution in [0.15, 0.2) is 0 Å². The van der Waals surface area contributed by atoms with Gasteiger partial charge in [-0.2, -0.15) is 0 Å². The van der Waals surface area contributed by atoms with Gasteiger partial charge >= 0.3 is 30.2 Å². The Morgan fingerprint density at radius 2 is 0.909 bits per heavy atom. The van der Waals surface area contributed by atoms with Crippen LogP contribution >= 0.6 is 15.6 Å². The third-order valence-corrected chi connectivity index (χ3v) is 0. The van der Waals surface area contributed by atoms with E-state index in [0.717, 1.165) is 0 Å². The van der Waals surface area contributed by atoms with Crippen molar-refractivity contribution in [2.45, 2.75) is 0 Å². The summed E-state index contributed by atoms with van der Waals surface area (Å²) in [5.74, 6) is 0. The molecule has 11 heavy (non-hydrogen) atoms. The topological polar surface area (TPSA) is 158 Å². The molecule has 0 amide bonds. The van der Waals surface area contributed by atoms with Crippen molar-refractivity contribution in [3.63, 3.8) is 0 Å². The van der Waals surface area contributed by atoms with E-state index >= 15 is 0 Å². The van der Waals surface area contributed by atoms with Crippen molar-refractivity contribution in [3.05, 3.63) is 0 Å². The van der Waals surface area contributed by atoms with Crippen molar-refractivity contribution < 1.29 is 60.9 Å². The SMILES string of the molecule is O=P(O)(O)O.O=P([O-])(O)O.[Ag+]. The number of hydrogen-bond acceptors (Lipinski definition) is 3. The van der Waals surface area contributed by atoms with E-state index in [9.17, 15) is 0 Å². The standard InChI is InChI=1S/Ag.2H3O4P/c;2*1-5(2,3)4/h;2*(H3,1,2,3,4)/q+1;;/p-1. The minimum absolute atomic E-state index is 0. The van der Waals surface area contributed by atoms with Crippen LogP contribution in [0.25, 0.3) is 0 Å². The maximum Gasteiger partial charge on any atom is 1.00 e. The molecule has 0 heterocycles. The third-order valence-electron chi connectivity index (χ3n) is 0. The molecular formula is H5AgO8P2. The van der Waals surface area contributed by atoms with Gasteiger partial charge in [-0.05, 0) is 0 Å². The predicted octanol–water partition coefficient (Wildman–Crippen LogP) is -2.49. The van der Waals surface area contributed by atoms with E-state index in [2.05, 4.69) is 0 Å². The van der Waals surface area contributed by atoms with Crippen LogP contribution in [0.5, 0.6) is 0 Å². The van der Waals surface area contributed by atoms with Gasteiger partial charge in [-0.1, -0.05) is 0 Å². The molecule has 0 saturated heterocycles. The van der Waals surface area contributed by atoms with E-state index in [1.54, 1.807) is 0 Å². The molecule has 0 aromatic heterocycles. The van der Waals surface area contributed by atoms with Gasteiger partial charge in [0.2, 0.25) is 0 Å². The van der Waals surface area contributed by atoms with Gasteiger partial charge in [0, 0.05) is 0 Å². The molecule has 0 aromatic rings. The van der Waals surface area contributed by atoms with Crippen molar-refractivity contribution in [1.82, 2.24) is 0 Å². The predicted molar refractivity (Wildman–Crippen MR) is 26.3 cm³/mol. The molecule has 8 nitrogen and oxygen atoms in total.